The summed E-state index contributed by atoms with van der Waals surface area (Å²) in [6.07, 6.45) is 0.825. The summed E-state index contributed by atoms with van der Waals surface area (Å²) in [6.45, 7) is 9.06. The zero-order valence-corrected chi connectivity index (χ0v) is 19.4. The third-order valence-corrected chi connectivity index (χ3v) is 6.20. The van der Waals surface area contributed by atoms with Crippen molar-refractivity contribution in [3.63, 3.8) is 0 Å². The van der Waals surface area contributed by atoms with Crippen molar-refractivity contribution in [3.05, 3.63) is 75.6 Å². The van der Waals surface area contributed by atoms with E-state index in [0.29, 0.717) is 12.1 Å². The summed E-state index contributed by atoms with van der Waals surface area (Å²) in [4.78, 5) is 33.2. The highest BCUT2D eigenvalue weighted by Gasteiger charge is 2.18. The molecule has 7 heteroatoms. The largest absolute Gasteiger partial charge is 0.379 e. The Morgan fingerprint density at radius 3 is 2.58 bits per heavy atom. The number of nitrogens with one attached hydrogen (secondary N) is 2. The lowest BCUT2D eigenvalue weighted by atomic mass is 10.0. The Balaban J connectivity index is 1.54. The number of hydrogen-bond acceptors (Lipinski definition) is 4. The number of anilines is 1. The van der Waals surface area contributed by atoms with Gasteiger partial charge in [-0.1, -0.05) is 30.3 Å². The van der Waals surface area contributed by atoms with E-state index in [2.05, 4.69) is 21.3 Å². The van der Waals surface area contributed by atoms with Crippen LogP contribution in [0.5, 0.6) is 0 Å². The lowest BCUT2D eigenvalue weighted by Gasteiger charge is -2.28. The van der Waals surface area contributed by atoms with Gasteiger partial charge in [-0.05, 0) is 49.6 Å². The van der Waals surface area contributed by atoms with Gasteiger partial charge in [0.05, 0.1) is 25.3 Å². The number of hydrogen-bond donors (Lipinski definition) is 2. The number of aromatic amines is 1. The second kappa shape index (κ2) is 10.6. The molecule has 2 amide bonds. The molecule has 0 aliphatic carbocycles. The summed E-state index contributed by atoms with van der Waals surface area (Å²) in [5.41, 5.74) is 4.16. The van der Waals surface area contributed by atoms with Crippen molar-refractivity contribution in [2.45, 2.75) is 26.8 Å². The Morgan fingerprint density at radius 1 is 1.09 bits per heavy atom. The van der Waals surface area contributed by atoms with Gasteiger partial charge < -0.3 is 19.9 Å². The van der Waals surface area contributed by atoms with Crippen LogP contribution in [0.1, 0.15) is 23.1 Å². The highest BCUT2D eigenvalue weighted by atomic mass is 16.5. The van der Waals surface area contributed by atoms with Gasteiger partial charge in [0.25, 0.3) is 5.56 Å². The first-order valence-electron chi connectivity index (χ1n) is 11.5. The number of morpholine rings is 1. The number of rotatable bonds is 7. The summed E-state index contributed by atoms with van der Waals surface area (Å²) >= 11 is 0. The van der Waals surface area contributed by atoms with Gasteiger partial charge in [-0.25, -0.2) is 4.79 Å². The van der Waals surface area contributed by atoms with Crippen LogP contribution < -0.4 is 10.9 Å². The standard InChI is InChI=1S/C26H32N4O3/c1-19-9-10-20(2)24-23(19)17-21(25(31)28-24)18-30(12-6-11-29-13-15-33-16-14-29)26(32)27-22-7-4-3-5-8-22/h3-5,7-10,17H,6,11-16,18H2,1-2H3,(H,27,32)(H,28,31). The molecule has 2 N–H and O–H groups in total. The minimum Gasteiger partial charge on any atom is -0.379 e. The molecule has 1 saturated heterocycles. The molecule has 1 aliphatic rings. The first kappa shape index (κ1) is 23.0. The quantitative estimate of drug-likeness (QED) is 0.575. The van der Waals surface area contributed by atoms with Crippen LogP contribution in [-0.2, 0) is 11.3 Å². The number of amides is 2. The number of pyridine rings is 1. The molecular weight excluding hydrogens is 416 g/mol. The van der Waals surface area contributed by atoms with Crippen LogP contribution in [0.4, 0.5) is 10.5 Å². The van der Waals surface area contributed by atoms with Crippen LogP contribution in [-0.4, -0.2) is 60.2 Å². The molecule has 1 aromatic heterocycles. The molecule has 0 bridgehead atoms. The molecule has 0 unspecified atom stereocenters. The minimum atomic E-state index is -0.205. The monoisotopic (exact) mass is 448 g/mol. The number of urea groups is 1. The summed E-state index contributed by atoms with van der Waals surface area (Å²) in [7, 11) is 0. The Kier molecular flexibility index (Phi) is 7.42. The zero-order valence-electron chi connectivity index (χ0n) is 19.4. The molecule has 2 heterocycles. The molecule has 0 radical (unpaired) electrons. The Hall–Kier alpha value is -3.16. The maximum atomic E-state index is 13.2. The maximum absolute atomic E-state index is 13.2. The molecule has 3 aromatic rings. The first-order chi connectivity index (χ1) is 16.0. The van der Waals surface area contributed by atoms with Gasteiger partial charge in [0, 0.05) is 42.8 Å². The summed E-state index contributed by atoms with van der Waals surface area (Å²) in [6, 6.07) is 15.2. The number of para-hydroxylation sites is 1. The van der Waals surface area contributed by atoms with Crippen LogP contribution in [0.2, 0.25) is 0 Å². The molecule has 1 fully saturated rings. The first-order valence-corrected chi connectivity index (χ1v) is 11.5. The Morgan fingerprint density at radius 2 is 1.82 bits per heavy atom. The number of nitrogens with zero attached hydrogens (tertiary/aromatic N) is 2. The molecule has 4 rings (SSSR count). The van der Waals surface area contributed by atoms with E-state index in [4.69, 9.17) is 4.74 Å². The van der Waals surface area contributed by atoms with Crippen LogP contribution in [0.25, 0.3) is 10.9 Å². The fourth-order valence-electron chi connectivity index (χ4n) is 4.23. The van der Waals surface area contributed by atoms with E-state index in [1.807, 2.05) is 56.3 Å². The van der Waals surface area contributed by atoms with Crippen molar-refractivity contribution in [1.82, 2.24) is 14.8 Å². The van der Waals surface area contributed by atoms with Crippen LogP contribution in [0.3, 0.4) is 0 Å². The predicted octanol–water partition coefficient (Wildman–Crippen LogP) is 3.90. The molecule has 174 valence electrons. The predicted molar refractivity (Wildman–Crippen MR) is 132 cm³/mol. The number of benzene rings is 2. The van der Waals surface area contributed by atoms with Gasteiger partial charge in [0.2, 0.25) is 0 Å². The Labute approximate surface area is 194 Å². The third-order valence-electron chi connectivity index (χ3n) is 6.20. The van der Waals surface area contributed by atoms with Crippen LogP contribution >= 0.6 is 0 Å². The minimum absolute atomic E-state index is 0.151. The van der Waals surface area contributed by atoms with E-state index in [-0.39, 0.29) is 18.1 Å². The van der Waals surface area contributed by atoms with E-state index in [1.165, 1.54) is 0 Å². The number of ether oxygens (including phenoxy) is 1. The van der Waals surface area contributed by atoms with Crippen LogP contribution in [0.15, 0.2) is 53.3 Å². The molecule has 7 nitrogen and oxygen atoms in total. The second-order valence-corrected chi connectivity index (χ2v) is 8.64. The van der Waals surface area contributed by atoms with Crippen molar-refractivity contribution >= 4 is 22.6 Å². The maximum Gasteiger partial charge on any atom is 0.322 e. The Bertz CT molecular complexity index is 1150. The third kappa shape index (κ3) is 5.80. The molecule has 1 aliphatic heterocycles. The molecule has 0 atom stereocenters. The second-order valence-electron chi connectivity index (χ2n) is 8.64. The normalized spacial score (nSPS) is 14.4. The number of carbonyl (C=O) groups excluding carboxylic acids is 1. The van der Waals surface area contributed by atoms with Crippen molar-refractivity contribution in [2.75, 3.05) is 44.7 Å². The average molecular weight is 449 g/mol. The zero-order chi connectivity index (χ0) is 23.2. The molecule has 2 aromatic carbocycles. The lowest BCUT2D eigenvalue weighted by Crippen LogP contribution is -2.40. The summed E-state index contributed by atoms with van der Waals surface area (Å²) in [5, 5.41) is 3.98. The van der Waals surface area contributed by atoms with Crippen molar-refractivity contribution in [2.24, 2.45) is 0 Å². The van der Waals surface area contributed by atoms with Gasteiger partial charge in [0.1, 0.15) is 0 Å². The van der Waals surface area contributed by atoms with E-state index in [1.54, 1.807) is 4.90 Å². The van der Waals surface area contributed by atoms with E-state index in [0.717, 1.165) is 67.0 Å². The number of fused-ring (bicyclic) bond motifs is 1. The number of aryl methyl sites for hydroxylation is 2. The van der Waals surface area contributed by atoms with Crippen molar-refractivity contribution in [3.8, 4) is 0 Å². The molecule has 0 spiro atoms. The summed E-state index contributed by atoms with van der Waals surface area (Å²) in [5.74, 6) is 0. The van der Waals surface area contributed by atoms with Crippen molar-refractivity contribution in [1.29, 1.82) is 0 Å². The topological polar surface area (TPSA) is 77.7 Å². The highest BCUT2D eigenvalue weighted by molar-refractivity contribution is 5.89. The summed E-state index contributed by atoms with van der Waals surface area (Å²) < 4.78 is 5.42. The van der Waals surface area contributed by atoms with Gasteiger partial charge in [-0.15, -0.1) is 0 Å². The van der Waals surface area contributed by atoms with Crippen LogP contribution in [0, 0.1) is 13.8 Å². The number of aromatic nitrogens is 1. The van der Waals surface area contributed by atoms with Crippen molar-refractivity contribution < 1.29 is 9.53 Å². The highest BCUT2D eigenvalue weighted by Crippen LogP contribution is 2.20. The van der Waals surface area contributed by atoms with Gasteiger partial charge in [0.15, 0.2) is 0 Å². The SMILES string of the molecule is Cc1ccc(C)c2[nH]c(=O)c(CN(CCCN3CCOCC3)C(=O)Nc3ccccc3)cc12. The van der Waals surface area contributed by atoms with E-state index < -0.39 is 0 Å². The van der Waals surface area contributed by atoms with E-state index in [9.17, 15) is 9.59 Å². The average Bonchev–Trinajstić information content (AvgIpc) is 2.83. The number of H-pyrrole nitrogens is 1. The van der Waals surface area contributed by atoms with E-state index >= 15 is 0 Å². The molecule has 0 saturated carbocycles. The smallest absolute Gasteiger partial charge is 0.322 e. The van der Waals surface area contributed by atoms with Gasteiger partial charge >= 0.3 is 6.03 Å². The fraction of sp³-hybridized carbons (Fsp3) is 0.385. The fourth-order valence-corrected chi connectivity index (χ4v) is 4.23. The molecular formula is C26H32N4O3. The number of carbonyl (C=O) groups is 1. The lowest BCUT2D eigenvalue weighted by molar-refractivity contribution is 0.0365. The molecule has 33 heavy (non-hydrogen) atoms. The van der Waals surface area contributed by atoms with Gasteiger partial charge in [-0.3, -0.25) is 9.69 Å². The van der Waals surface area contributed by atoms with Gasteiger partial charge in [-0.2, -0.15) is 0 Å².